The first-order chi connectivity index (χ1) is 12.5. The smallest absolute Gasteiger partial charge is 0.125 e. The van der Waals surface area contributed by atoms with Crippen LogP contribution in [0.5, 0.6) is 5.75 Å². The highest BCUT2D eigenvalue weighted by Crippen LogP contribution is 2.44. The summed E-state index contributed by atoms with van der Waals surface area (Å²) >= 11 is 0. The Labute approximate surface area is 155 Å². The molecule has 0 radical (unpaired) electrons. The van der Waals surface area contributed by atoms with Crippen molar-refractivity contribution >= 4 is 0 Å². The largest absolute Gasteiger partial charge is 0.487 e. The summed E-state index contributed by atoms with van der Waals surface area (Å²) in [6.07, 6.45) is 1.47. The van der Waals surface area contributed by atoms with Gasteiger partial charge < -0.3 is 19.8 Å². The Morgan fingerprint density at radius 2 is 1.88 bits per heavy atom. The third-order valence-electron chi connectivity index (χ3n) is 5.80. The lowest BCUT2D eigenvalue weighted by atomic mass is 9.81. The van der Waals surface area contributed by atoms with Gasteiger partial charge in [0.2, 0.25) is 0 Å². The van der Waals surface area contributed by atoms with Crippen molar-refractivity contribution in [2.75, 3.05) is 19.6 Å². The summed E-state index contributed by atoms with van der Waals surface area (Å²) in [7, 11) is 0. The fourth-order valence-corrected chi connectivity index (χ4v) is 4.23. The molecule has 4 heteroatoms. The van der Waals surface area contributed by atoms with Crippen LogP contribution in [0.3, 0.4) is 0 Å². The normalized spacial score (nSPS) is 23.3. The summed E-state index contributed by atoms with van der Waals surface area (Å²) in [6, 6.07) is 15.9. The fourth-order valence-electron chi connectivity index (χ4n) is 4.23. The van der Waals surface area contributed by atoms with Crippen LogP contribution < -0.4 is 4.74 Å². The van der Waals surface area contributed by atoms with E-state index in [4.69, 9.17) is 4.74 Å². The first-order valence-electron chi connectivity index (χ1n) is 9.48. The van der Waals surface area contributed by atoms with E-state index in [9.17, 15) is 10.2 Å². The molecule has 0 amide bonds. The van der Waals surface area contributed by atoms with Crippen molar-refractivity contribution in [2.24, 2.45) is 0 Å². The monoisotopic (exact) mass is 353 g/mol. The number of aliphatic hydroxyl groups excluding tert-OH is 2. The Kier molecular flexibility index (Phi) is 4.74. The molecular weight excluding hydrogens is 326 g/mol. The van der Waals surface area contributed by atoms with Crippen LogP contribution in [0.15, 0.2) is 48.5 Å². The molecule has 2 aromatic carbocycles. The zero-order chi connectivity index (χ0) is 18.1. The average Bonchev–Trinajstić information content (AvgIpc) is 2.65. The molecule has 1 spiro atoms. The third kappa shape index (κ3) is 3.50. The van der Waals surface area contributed by atoms with E-state index in [1.165, 1.54) is 0 Å². The maximum absolute atomic E-state index is 10.6. The zero-order valence-electron chi connectivity index (χ0n) is 15.3. The number of piperidine rings is 1. The topological polar surface area (TPSA) is 52.9 Å². The Bertz CT molecular complexity index is 753. The van der Waals surface area contributed by atoms with Gasteiger partial charge >= 0.3 is 0 Å². The predicted octanol–water partition coefficient (Wildman–Crippen LogP) is 3.38. The summed E-state index contributed by atoms with van der Waals surface area (Å²) in [6.45, 7) is 4.42. The Morgan fingerprint density at radius 1 is 1.15 bits per heavy atom. The maximum Gasteiger partial charge on any atom is 0.125 e. The standard InChI is InChI=1S/C22H27NO3/c1-16-7-8-21-18(13-16)19(24)14-22(26-21)9-11-23(12-10-22)15-20(25)17-5-3-2-4-6-17/h2-8,13,19-20,24-25H,9-12,14-15H2,1H3/t19-,20-/m0/s1. The summed E-state index contributed by atoms with van der Waals surface area (Å²) in [4.78, 5) is 2.29. The van der Waals surface area contributed by atoms with Gasteiger partial charge in [-0.05, 0) is 37.5 Å². The van der Waals surface area contributed by atoms with Gasteiger partial charge in [0.25, 0.3) is 0 Å². The molecule has 2 heterocycles. The highest BCUT2D eigenvalue weighted by Gasteiger charge is 2.43. The lowest BCUT2D eigenvalue weighted by molar-refractivity contribution is -0.0588. The molecule has 0 unspecified atom stereocenters. The molecule has 1 fully saturated rings. The van der Waals surface area contributed by atoms with E-state index in [1.807, 2.05) is 55.5 Å². The molecule has 2 aliphatic heterocycles. The minimum atomic E-state index is -0.466. The molecule has 4 rings (SSSR count). The highest BCUT2D eigenvalue weighted by atomic mass is 16.5. The fraction of sp³-hybridized carbons (Fsp3) is 0.455. The minimum Gasteiger partial charge on any atom is -0.487 e. The van der Waals surface area contributed by atoms with Crippen LogP contribution in [-0.2, 0) is 0 Å². The maximum atomic E-state index is 10.6. The predicted molar refractivity (Wildman–Crippen MR) is 101 cm³/mol. The van der Waals surface area contributed by atoms with Crippen molar-refractivity contribution in [3.63, 3.8) is 0 Å². The van der Waals surface area contributed by atoms with Gasteiger partial charge in [0, 0.05) is 31.6 Å². The number of nitrogens with zero attached hydrogens (tertiary/aromatic N) is 1. The first-order valence-corrected chi connectivity index (χ1v) is 9.48. The van der Waals surface area contributed by atoms with Gasteiger partial charge in [0.15, 0.2) is 0 Å². The highest BCUT2D eigenvalue weighted by molar-refractivity contribution is 5.41. The van der Waals surface area contributed by atoms with Crippen molar-refractivity contribution in [1.82, 2.24) is 4.90 Å². The van der Waals surface area contributed by atoms with Crippen LogP contribution >= 0.6 is 0 Å². The number of likely N-dealkylation sites (tertiary alicyclic amines) is 1. The summed E-state index contributed by atoms with van der Waals surface area (Å²) in [5.74, 6) is 0.826. The van der Waals surface area contributed by atoms with Crippen LogP contribution in [0.4, 0.5) is 0 Å². The summed E-state index contributed by atoms with van der Waals surface area (Å²) in [5.41, 5.74) is 2.74. The molecule has 2 N–H and O–H groups in total. The number of benzene rings is 2. The molecule has 138 valence electrons. The number of aliphatic hydroxyl groups is 2. The number of β-amino-alcohol motifs (C(OH)–C–C–N with tert-alkyl or cyclic N) is 1. The molecule has 26 heavy (non-hydrogen) atoms. The molecule has 2 aromatic rings. The Morgan fingerprint density at radius 3 is 2.62 bits per heavy atom. The number of rotatable bonds is 3. The summed E-state index contributed by atoms with van der Waals surface area (Å²) < 4.78 is 6.37. The second-order valence-corrected chi connectivity index (χ2v) is 7.77. The van der Waals surface area contributed by atoms with E-state index in [0.29, 0.717) is 13.0 Å². The third-order valence-corrected chi connectivity index (χ3v) is 5.80. The molecule has 0 saturated carbocycles. The van der Waals surface area contributed by atoms with E-state index < -0.39 is 12.2 Å². The molecule has 2 atom stereocenters. The van der Waals surface area contributed by atoms with Crippen LogP contribution in [-0.4, -0.2) is 40.3 Å². The van der Waals surface area contributed by atoms with Crippen molar-refractivity contribution < 1.29 is 14.9 Å². The summed E-state index contributed by atoms with van der Waals surface area (Å²) in [5, 5.41) is 21.1. The van der Waals surface area contributed by atoms with E-state index in [0.717, 1.165) is 48.4 Å². The van der Waals surface area contributed by atoms with E-state index in [1.54, 1.807) is 0 Å². The van der Waals surface area contributed by atoms with Gasteiger partial charge in [0.05, 0.1) is 12.2 Å². The van der Waals surface area contributed by atoms with Gasteiger partial charge in [-0.3, -0.25) is 0 Å². The van der Waals surface area contributed by atoms with E-state index in [2.05, 4.69) is 4.90 Å². The second-order valence-electron chi connectivity index (χ2n) is 7.77. The molecule has 1 saturated heterocycles. The van der Waals surface area contributed by atoms with E-state index in [-0.39, 0.29) is 5.60 Å². The number of ether oxygens (including phenoxy) is 1. The molecule has 0 bridgehead atoms. The average molecular weight is 353 g/mol. The SMILES string of the molecule is Cc1ccc2c(c1)[C@@H](O)CC1(CCN(C[C@H](O)c3ccccc3)CC1)O2. The quantitative estimate of drug-likeness (QED) is 0.888. The first kappa shape index (κ1) is 17.5. The van der Waals surface area contributed by atoms with Crippen molar-refractivity contribution in [3.05, 3.63) is 65.2 Å². The van der Waals surface area contributed by atoms with Gasteiger partial charge in [-0.15, -0.1) is 0 Å². The van der Waals surface area contributed by atoms with Crippen LogP contribution in [0, 0.1) is 6.92 Å². The lowest BCUT2D eigenvalue weighted by Gasteiger charge is -2.46. The number of hydrogen-bond acceptors (Lipinski definition) is 4. The number of aryl methyl sites for hydroxylation is 1. The molecule has 0 aromatic heterocycles. The number of fused-ring (bicyclic) bond motifs is 1. The second kappa shape index (κ2) is 7.03. The lowest BCUT2D eigenvalue weighted by Crippen LogP contribution is -2.51. The van der Waals surface area contributed by atoms with Gasteiger partial charge in [-0.1, -0.05) is 42.0 Å². The molecule has 0 aliphatic carbocycles. The number of hydrogen-bond donors (Lipinski definition) is 2. The minimum absolute atomic E-state index is 0.282. The van der Waals surface area contributed by atoms with Crippen LogP contribution in [0.1, 0.15) is 48.2 Å². The van der Waals surface area contributed by atoms with Crippen LogP contribution in [0.2, 0.25) is 0 Å². The van der Waals surface area contributed by atoms with Crippen molar-refractivity contribution in [2.45, 2.75) is 44.0 Å². The van der Waals surface area contributed by atoms with E-state index >= 15 is 0 Å². The van der Waals surface area contributed by atoms with Gasteiger partial charge in [-0.25, -0.2) is 0 Å². The Balaban J connectivity index is 1.40. The van der Waals surface area contributed by atoms with Gasteiger partial charge in [-0.2, -0.15) is 0 Å². The zero-order valence-corrected chi connectivity index (χ0v) is 15.3. The molecule has 2 aliphatic rings. The Hall–Kier alpha value is -1.88. The van der Waals surface area contributed by atoms with Crippen molar-refractivity contribution in [1.29, 1.82) is 0 Å². The molecule has 4 nitrogen and oxygen atoms in total. The van der Waals surface area contributed by atoms with Crippen LogP contribution in [0.25, 0.3) is 0 Å². The molecular formula is C22H27NO3. The van der Waals surface area contributed by atoms with Crippen molar-refractivity contribution in [3.8, 4) is 5.75 Å². The van der Waals surface area contributed by atoms with Gasteiger partial charge in [0.1, 0.15) is 11.4 Å².